The minimum atomic E-state index is 0.212. The molecule has 0 aliphatic heterocycles. The summed E-state index contributed by atoms with van der Waals surface area (Å²) in [5.41, 5.74) is 7.52. The van der Waals surface area contributed by atoms with E-state index in [0.717, 1.165) is 11.3 Å². The number of rotatable bonds is 2. The number of anilines is 1. The van der Waals surface area contributed by atoms with Crippen molar-refractivity contribution in [3.8, 4) is 11.5 Å². The molecule has 0 saturated carbocycles. The predicted molar refractivity (Wildman–Crippen MR) is 66.3 cm³/mol. The SMILES string of the molecule is Cc1ccnc(-c2nc(N)nc(C(C)C)n2)c1. The number of hydrogen-bond donors (Lipinski definition) is 1. The zero-order chi connectivity index (χ0) is 12.4. The Labute approximate surface area is 100 Å². The lowest BCUT2D eigenvalue weighted by atomic mass is 10.2. The van der Waals surface area contributed by atoms with Crippen molar-refractivity contribution < 1.29 is 0 Å². The molecule has 5 heteroatoms. The average molecular weight is 229 g/mol. The van der Waals surface area contributed by atoms with Crippen molar-refractivity contribution >= 4 is 5.95 Å². The van der Waals surface area contributed by atoms with Crippen LogP contribution in [0.1, 0.15) is 31.2 Å². The molecule has 2 N–H and O–H groups in total. The maximum absolute atomic E-state index is 5.68. The molecule has 88 valence electrons. The number of aromatic nitrogens is 4. The first-order valence-electron chi connectivity index (χ1n) is 5.50. The summed E-state index contributed by atoms with van der Waals surface area (Å²) in [6.07, 6.45) is 1.74. The van der Waals surface area contributed by atoms with Gasteiger partial charge in [0.15, 0.2) is 5.82 Å². The molecular formula is C12H15N5. The fraction of sp³-hybridized carbons (Fsp3) is 0.333. The van der Waals surface area contributed by atoms with Gasteiger partial charge in [-0.05, 0) is 24.6 Å². The van der Waals surface area contributed by atoms with Crippen LogP contribution in [-0.4, -0.2) is 19.9 Å². The first kappa shape index (κ1) is 11.4. The van der Waals surface area contributed by atoms with Crippen molar-refractivity contribution in [1.29, 1.82) is 0 Å². The highest BCUT2D eigenvalue weighted by Gasteiger charge is 2.10. The van der Waals surface area contributed by atoms with E-state index in [1.54, 1.807) is 6.20 Å². The lowest BCUT2D eigenvalue weighted by molar-refractivity contribution is 0.766. The van der Waals surface area contributed by atoms with Gasteiger partial charge >= 0.3 is 0 Å². The Morgan fingerprint density at radius 1 is 1.18 bits per heavy atom. The molecule has 2 rings (SSSR count). The Hall–Kier alpha value is -2.04. The molecule has 17 heavy (non-hydrogen) atoms. The predicted octanol–water partition coefficient (Wildman–Crippen LogP) is 1.95. The van der Waals surface area contributed by atoms with E-state index in [-0.39, 0.29) is 11.9 Å². The highest BCUT2D eigenvalue weighted by molar-refractivity contribution is 5.51. The maximum atomic E-state index is 5.68. The first-order valence-corrected chi connectivity index (χ1v) is 5.50. The number of nitrogen functional groups attached to an aromatic ring is 1. The minimum Gasteiger partial charge on any atom is -0.368 e. The Morgan fingerprint density at radius 3 is 2.59 bits per heavy atom. The highest BCUT2D eigenvalue weighted by Crippen LogP contribution is 2.17. The summed E-state index contributed by atoms with van der Waals surface area (Å²) < 4.78 is 0. The van der Waals surface area contributed by atoms with Gasteiger partial charge in [0.2, 0.25) is 5.95 Å². The van der Waals surface area contributed by atoms with Crippen LogP contribution in [0, 0.1) is 6.92 Å². The van der Waals surface area contributed by atoms with Crippen molar-refractivity contribution in [1.82, 2.24) is 19.9 Å². The molecule has 0 bridgehead atoms. The Bertz CT molecular complexity index is 536. The van der Waals surface area contributed by atoms with E-state index >= 15 is 0 Å². The second kappa shape index (κ2) is 4.45. The smallest absolute Gasteiger partial charge is 0.223 e. The second-order valence-electron chi connectivity index (χ2n) is 4.25. The van der Waals surface area contributed by atoms with Gasteiger partial charge in [0.25, 0.3) is 0 Å². The minimum absolute atomic E-state index is 0.212. The molecule has 0 saturated heterocycles. The molecule has 0 amide bonds. The fourth-order valence-electron chi connectivity index (χ4n) is 1.44. The summed E-state index contributed by atoms with van der Waals surface area (Å²) in [7, 11) is 0. The van der Waals surface area contributed by atoms with E-state index in [2.05, 4.69) is 19.9 Å². The van der Waals surface area contributed by atoms with Crippen LogP contribution in [0.15, 0.2) is 18.3 Å². The van der Waals surface area contributed by atoms with Crippen LogP contribution < -0.4 is 5.73 Å². The Morgan fingerprint density at radius 2 is 1.94 bits per heavy atom. The third-order valence-electron chi connectivity index (χ3n) is 2.33. The lowest BCUT2D eigenvalue weighted by Gasteiger charge is -2.06. The zero-order valence-corrected chi connectivity index (χ0v) is 10.2. The Kier molecular flexibility index (Phi) is 2.99. The van der Waals surface area contributed by atoms with Crippen LogP contribution in [0.5, 0.6) is 0 Å². The van der Waals surface area contributed by atoms with Crippen molar-refractivity contribution in [2.75, 3.05) is 5.73 Å². The van der Waals surface area contributed by atoms with Gasteiger partial charge in [-0.1, -0.05) is 13.8 Å². The van der Waals surface area contributed by atoms with Crippen molar-refractivity contribution in [2.45, 2.75) is 26.7 Å². The second-order valence-corrected chi connectivity index (χ2v) is 4.25. The molecule has 0 fully saturated rings. The van der Waals surface area contributed by atoms with Gasteiger partial charge in [-0.2, -0.15) is 9.97 Å². The summed E-state index contributed by atoms with van der Waals surface area (Å²) >= 11 is 0. The van der Waals surface area contributed by atoms with E-state index in [9.17, 15) is 0 Å². The monoisotopic (exact) mass is 229 g/mol. The molecule has 2 heterocycles. The van der Waals surface area contributed by atoms with E-state index < -0.39 is 0 Å². The van der Waals surface area contributed by atoms with Crippen LogP contribution in [0.4, 0.5) is 5.95 Å². The molecule has 2 aromatic heterocycles. The quantitative estimate of drug-likeness (QED) is 0.851. The zero-order valence-electron chi connectivity index (χ0n) is 10.2. The summed E-state index contributed by atoms with van der Waals surface area (Å²) in [5.74, 6) is 1.67. The van der Waals surface area contributed by atoms with Crippen molar-refractivity contribution in [3.05, 3.63) is 29.7 Å². The van der Waals surface area contributed by atoms with Crippen LogP contribution in [0.25, 0.3) is 11.5 Å². The summed E-state index contributed by atoms with van der Waals surface area (Å²) in [6.45, 7) is 6.03. The third-order valence-corrected chi connectivity index (χ3v) is 2.33. The fourth-order valence-corrected chi connectivity index (χ4v) is 1.44. The van der Waals surface area contributed by atoms with Crippen LogP contribution in [0.3, 0.4) is 0 Å². The maximum Gasteiger partial charge on any atom is 0.223 e. The molecule has 0 aliphatic carbocycles. The number of nitrogens with two attached hydrogens (primary N) is 1. The first-order chi connectivity index (χ1) is 8.06. The standard InChI is InChI=1S/C12H15N5/c1-7(2)10-15-11(17-12(13)16-10)9-6-8(3)4-5-14-9/h4-7H,1-3H3,(H2,13,15,16,17). The number of nitrogens with zero attached hydrogens (tertiary/aromatic N) is 4. The molecule has 2 aromatic rings. The van der Waals surface area contributed by atoms with Crippen LogP contribution >= 0.6 is 0 Å². The molecule has 0 aromatic carbocycles. The van der Waals surface area contributed by atoms with Crippen LogP contribution in [-0.2, 0) is 0 Å². The lowest BCUT2D eigenvalue weighted by Crippen LogP contribution is -2.06. The average Bonchev–Trinajstić information content (AvgIpc) is 2.28. The van der Waals surface area contributed by atoms with Crippen molar-refractivity contribution in [2.24, 2.45) is 0 Å². The van der Waals surface area contributed by atoms with Crippen LogP contribution in [0.2, 0.25) is 0 Å². The molecule has 0 unspecified atom stereocenters. The third kappa shape index (κ3) is 2.55. The van der Waals surface area contributed by atoms with E-state index in [1.165, 1.54) is 0 Å². The molecular weight excluding hydrogens is 214 g/mol. The molecule has 0 radical (unpaired) electrons. The van der Waals surface area contributed by atoms with Gasteiger partial charge in [-0.3, -0.25) is 4.98 Å². The van der Waals surface area contributed by atoms with E-state index in [4.69, 9.17) is 5.73 Å². The normalized spacial score (nSPS) is 10.8. The Balaban J connectivity index is 2.52. The summed E-state index contributed by atoms with van der Waals surface area (Å²) in [6, 6.07) is 3.86. The topological polar surface area (TPSA) is 77.6 Å². The molecule has 0 spiro atoms. The van der Waals surface area contributed by atoms with Gasteiger partial charge in [0, 0.05) is 12.1 Å². The highest BCUT2D eigenvalue weighted by atomic mass is 15.1. The number of hydrogen-bond acceptors (Lipinski definition) is 5. The summed E-state index contributed by atoms with van der Waals surface area (Å²) in [4.78, 5) is 16.9. The van der Waals surface area contributed by atoms with E-state index in [1.807, 2.05) is 32.9 Å². The van der Waals surface area contributed by atoms with Gasteiger partial charge in [0.05, 0.1) is 0 Å². The number of aryl methyl sites for hydroxylation is 1. The van der Waals surface area contributed by atoms with Gasteiger partial charge in [-0.15, -0.1) is 0 Å². The van der Waals surface area contributed by atoms with E-state index in [0.29, 0.717) is 11.6 Å². The molecule has 5 nitrogen and oxygen atoms in total. The van der Waals surface area contributed by atoms with Crippen molar-refractivity contribution in [3.63, 3.8) is 0 Å². The molecule has 0 aliphatic rings. The molecule has 0 atom stereocenters. The largest absolute Gasteiger partial charge is 0.368 e. The number of pyridine rings is 1. The summed E-state index contributed by atoms with van der Waals surface area (Å²) in [5, 5.41) is 0. The van der Waals surface area contributed by atoms with Gasteiger partial charge in [0.1, 0.15) is 11.5 Å². The van der Waals surface area contributed by atoms with Gasteiger partial charge in [-0.25, -0.2) is 4.98 Å². The van der Waals surface area contributed by atoms with Gasteiger partial charge < -0.3 is 5.73 Å².